The zero-order chi connectivity index (χ0) is 22.6. The Balaban J connectivity index is 1.70. The minimum absolute atomic E-state index is 0.0286. The average molecular weight is 467 g/mol. The Bertz CT molecular complexity index is 1180. The van der Waals surface area contributed by atoms with Crippen molar-refractivity contribution in [3.8, 4) is 5.82 Å². The van der Waals surface area contributed by atoms with Gasteiger partial charge in [0.15, 0.2) is 0 Å². The molecule has 0 saturated heterocycles. The van der Waals surface area contributed by atoms with Gasteiger partial charge in [0, 0.05) is 35.6 Å². The average Bonchev–Trinajstić information content (AvgIpc) is 3.20. The summed E-state index contributed by atoms with van der Waals surface area (Å²) in [5.41, 5.74) is 2.70. The molecule has 0 unspecified atom stereocenters. The molecule has 0 atom stereocenters. The van der Waals surface area contributed by atoms with Crippen molar-refractivity contribution in [2.45, 2.75) is 39.5 Å². The molecule has 0 fully saturated rings. The highest BCUT2D eigenvalue weighted by Crippen LogP contribution is 2.26. The maximum atomic E-state index is 11.9. The fraction of sp³-hybridized carbons (Fsp3) is 0.429. The van der Waals surface area contributed by atoms with Gasteiger partial charge in [-0.25, -0.2) is 17.9 Å². The van der Waals surface area contributed by atoms with Gasteiger partial charge in [-0.3, -0.25) is 4.68 Å². The van der Waals surface area contributed by atoms with Crippen LogP contribution in [0.25, 0.3) is 16.7 Å². The van der Waals surface area contributed by atoms with E-state index in [0.29, 0.717) is 17.9 Å². The Morgan fingerprint density at radius 1 is 1.26 bits per heavy atom. The lowest BCUT2D eigenvalue weighted by Gasteiger charge is -2.11. The van der Waals surface area contributed by atoms with Gasteiger partial charge in [0.2, 0.25) is 10.0 Å². The van der Waals surface area contributed by atoms with Gasteiger partial charge in [0.25, 0.3) is 0 Å². The van der Waals surface area contributed by atoms with Crippen LogP contribution in [-0.4, -0.2) is 41.2 Å². The number of hydrogen-bond acceptors (Lipinski definition) is 5. The minimum Gasteiger partial charge on any atom is -0.449 e. The summed E-state index contributed by atoms with van der Waals surface area (Å²) in [5, 5.41) is 6.17. The first-order valence-corrected chi connectivity index (χ1v) is 12.2. The van der Waals surface area contributed by atoms with Crippen LogP contribution in [0.3, 0.4) is 0 Å². The number of unbranched alkanes of at least 4 members (excludes halogenated alkanes) is 2. The highest BCUT2D eigenvalue weighted by molar-refractivity contribution is 7.90. The molecule has 0 aliphatic carbocycles. The van der Waals surface area contributed by atoms with Crippen LogP contribution in [0.1, 0.15) is 37.4 Å². The van der Waals surface area contributed by atoms with Crippen molar-refractivity contribution in [1.29, 1.82) is 0 Å². The van der Waals surface area contributed by atoms with Crippen molar-refractivity contribution in [3.05, 3.63) is 46.7 Å². The third-order valence-corrected chi connectivity index (χ3v) is 6.57. The van der Waals surface area contributed by atoms with Crippen LogP contribution in [0.2, 0.25) is 5.02 Å². The summed E-state index contributed by atoms with van der Waals surface area (Å²) in [7, 11) is -1.83. The summed E-state index contributed by atoms with van der Waals surface area (Å²) < 4.78 is 34.7. The smallest absolute Gasteiger partial charge is 0.420 e. The fourth-order valence-corrected chi connectivity index (χ4v) is 4.76. The number of halogens is 1. The van der Waals surface area contributed by atoms with E-state index in [1.165, 1.54) is 0 Å². The van der Waals surface area contributed by atoms with Crippen LogP contribution >= 0.6 is 11.6 Å². The highest BCUT2D eigenvalue weighted by atomic mass is 35.5. The molecule has 31 heavy (non-hydrogen) atoms. The second kappa shape index (κ2) is 9.74. The molecule has 0 spiro atoms. The van der Waals surface area contributed by atoms with E-state index < -0.39 is 16.1 Å². The zero-order valence-electron chi connectivity index (χ0n) is 17.9. The molecule has 0 bridgehead atoms. The predicted molar refractivity (Wildman–Crippen MR) is 121 cm³/mol. The molecule has 0 aliphatic rings. The molecular weight excluding hydrogens is 440 g/mol. The standard InChI is InChI=1S/C21H27ClN4O4S/c1-4-5-6-13-31(28,29)24-21(27)30-12-10-18-15(2)23-25(3)20(18)26-11-9-16-14-17(22)7-8-19(16)26/h7-9,11,14H,4-6,10,12-13H2,1-3H3,(H,24,27). The van der Waals surface area contributed by atoms with Gasteiger partial charge < -0.3 is 9.30 Å². The number of carbonyl (C=O) groups is 1. The number of carbonyl (C=O) groups excluding carboxylic acids is 1. The maximum absolute atomic E-state index is 11.9. The van der Waals surface area contributed by atoms with Crippen LogP contribution in [-0.2, 0) is 28.2 Å². The first-order chi connectivity index (χ1) is 14.7. The number of nitrogens with one attached hydrogen (secondary N) is 1. The summed E-state index contributed by atoms with van der Waals surface area (Å²) in [4.78, 5) is 11.9. The Morgan fingerprint density at radius 2 is 2.03 bits per heavy atom. The fourth-order valence-electron chi connectivity index (χ4n) is 3.58. The largest absolute Gasteiger partial charge is 0.449 e. The van der Waals surface area contributed by atoms with E-state index in [0.717, 1.165) is 40.8 Å². The quantitative estimate of drug-likeness (QED) is 0.479. The molecule has 1 amide bonds. The van der Waals surface area contributed by atoms with Crippen molar-refractivity contribution in [2.24, 2.45) is 7.05 Å². The Labute approximate surface area is 187 Å². The van der Waals surface area contributed by atoms with Gasteiger partial charge >= 0.3 is 6.09 Å². The summed E-state index contributed by atoms with van der Waals surface area (Å²) in [6.45, 7) is 3.90. The normalized spacial score (nSPS) is 11.7. The Morgan fingerprint density at radius 3 is 2.77 bits per heavy atom. The number of hydrogen-bond donors (Lipinski definition) is 1. The molecule has 1 aromatic carbocycles. The monoisotopic (exact) mass is 466 g/mol. The third kappa shape index (κ3) is 5.59. The number of benzene rings is 1. The van der Waals surface area contributed by atoms with E-state index in [4.69, 9.17) is 16.3 Å². The van der Waals surface area contributed by atoms with Crippen LogP contribution < -0.4 is 4.72 Å². The predicted octanol–water partition coefficient (Wildman–Crippen LogP) is 4.11. The van der Waals surface area contributed by atoms with Crippen molar-refractivity contribution in [2.75, 3.05) is 12.4 Å². The number of aryl methyl sites for hydroxylation is 2. The van der Waals surface area contributed by atoms with Crippen LogP contribution in [0.15, 0.2) is 30.5 Å². The summed E-state index contributed by atoms with van der Waals surface area (Å²) in [5.74, 6) is 0.762. The number of fused-ring (bicyclic) bond motifs is 1. The molecule has 2 aromatic heterocycles. The van der Waals surface area contributed by atoms with Crippen LogP contribution in [0.5, 0.6) is 0 Å². The molecule has 2 heterocycles. The summed E-state index contributed by atoms with van der Waals surface area (Å²) in [6.07, 6.45) is 3.58. The van der Waals surface area contributed by atoms with Crippen LogP contribution in [0, 0.1) is 6.92 Å². The van der Waals surface area contributed by atoms with Crippen molar-refractivity contribution < 1.29 is 17.9 Å². The molecule has 0 saturated carbocycles. The van der Waals surface area contributed by atoms with Crippen LogP contribution in [0.4, 0.5) is 4.79 Å². The molecule has 0 radical (unpaired) electrons. The van der Waals surface area contributed by atoms with Crippen molar-refractivity contribution >= 4 is 38.6 Å². The molecular formula is C21H27ClN4O4S. The van der Waals surface area contributed by atoms with Gasteiger partial charge in [-0.05, 0) is 37.6 Å². The van der Waals surface area contributed by atoms with E-state index in [-0.39, 0.29) is 12.4 Å². The van der Waals surface area contributed by atoms with Gasteiger partial charge in [0.1, 0.15) is 5.82 Å². The summed E-state index contributed by atoms with van der Waals surface area (Å²) in [6, 6.07) is 7.64. The second-order valence-corrected chi connectivity index (χ2v) is 9.69. The second-order valence-electron chi connectivity index (χ2n) is 7.41. The molecule has 10 heteroatoms. The number of ether oxygens (including phenoxy) is 1. The van der Waals surface area contributed by atoms with E-state index in [9.17, 15) is 13.2 Å². The highest BCUT2D eigenvalue weighted by Gasteiger charge is 2.19. The molecule has 1 N–H and O–H groups in total. The maximum Gasteiger partial charge on any atom is 0.420 e. The van der Waals surface area contributed by atoms with Gasteiger partial charge in [-0.2, -0.15) is 5.10 Å². The van der Waals surface area contributed by atoms with Crippen molar-refractivity contribution in [1.82, 2.24) is 19.1 Å². The third-order valence-electron chi connectivity index (χ3n) is 5.03. The lowest BCUT2D eigenvalue weighted by Crippen LogP contribution is -2.33. The summed E-state index contributed by atoms with van der Waals surface area (Å²) >= 11 is 6.10. The first-order valence-electron chi connectivity index (χ1n) is 10.2. The minimum atomic E-state index is -3.68. The number of amides is 1. The zero-order valence-corrected chi connectivity index (χ0v) is 19.5. The van der Waals surface area contributed by atoms with E-state index in [1.54, 1.807) is 4.68 Å². The molecule has 168 valence electrons. The number of sulfonamides is 1. The van der Waals surface area contributed by atoms with Gasteiger partial charge in [-0.1, -0.05) is 31.4 Å². The van der Waals surface area contributed by atoms with Gasteiger partial charge in [-0.15, -0.1) is 0 Å². The van der Waals surface area contributed by atoms with E-state index in [1.807, 2.05) is 60.6 Å². The van der Waals surface area contributed by atoms with E-state index >= 15 is 0 Å². The number of nitrogens with zero attached hydrogens (tertiary/aromatic N) is 3. The number of aromatic nitrogens is 3. The molecule has 8 nitrogen and oxygen atoms in total. The van der Waals surface area contributed by atoms with Gasteiger partial charge in [0.05, 0.1) is 23.6 Å². The molecule has 3 aromatic rings. The first kappa shape index (κ1) is 23.1. The van der Waals surface area contributed by atoms with E-state index in [2.05, 4.69) is 5.10 Å². The Kier molecular flexibility index (Phi) is 7.27. The van der Waals surface area contributed by atoms with Crippen molar-refractivity contribution in [3.63, 3.8) is 0 Å². The SMILES string of the molecule is CCCCCS(=O)(=O)NC(=O)OCCc1c(C)nn(C)c1-n1ccc2cc(Cl)ccc21. The number of rotatable bonds is 9. The molecule has 3 rings (SSSR count). The Hall–Kier alpha value is -2.52. The molecule has 0 aliphatic heterocycles. The topological polar surface area (TPSA) is 95.2 Å². The lowest BCUT2D eigenvalue weighted by molar-refractivity contribution is 0.154. The lowest BCUT2D eigenvalue weighted by atomic mass is 10.2.